The van der Waals surface area contributed by atoms with Crippen molar-refractivity contribution in [1.29, 1.82) is 0 Å². The maximum Gasteiger partial charge on any atom is 0.0515 e. The Bertz CT molecular complexity index is 264. The maximum atomic E-state index is 9.11. The quantitative estimate of drug-likeness (QED) is 0.826. The van der Waals surface area contributed by atoms with Gasteiger partial charge in [-0.3, -0.25) is 0 Å². The summed E-state index contributed by atoms with van der Waals surface area (Å²) in [5.74, 6) is 0. The van der Waals surface area contributed by atoms with Gasteiger partial charge in [0.05, 0.1) is 6.10 Å². The highest BCUT2D eigenvalue weighted by Crippen LogP contribution is 2.25. The van der Waals surface area contributed by atoms with Crippen LogP contribution in [0.15, 0.2) is 18.2 Å². The van der Waals surface area contributed by atoms with E-state index in [4.69, 9.17) is 28.3 Å². The molecular weight excluding hydrogens is 207 g/mol. The van der Waals surface area contributed by atoms with Crippen molar-refractivity contribution in [3.63, 3.8) is 0 Å². The lowest BCUT2D eigenvalue weighted by Gasteiger charge is -2.07. The number of benzene rings is 1. The van der Waals surface area contributed by atoms with Gasteiger partial charge in [-0.05, 0) is 37.5 Å². The van der Waals surface area contributed by atoms with Crippen molar-refractivity contribution >= 4 is 23.2 Å². The zero-order valence-electron chi connectivity index (χ0n) is 7.43. The zero-order chi connectivity index (χ0) is 9.84. The molecule has 1 aromatic carbocycles. The second kappa shape index (κ2) is 4.85. The van der Waals surface area contributed by atoms with Crippen LogP contribution in [-0.2, 0) is 6.42 Å². The summed E-state index contributed by atoms with van der Waals surface area (Å²) >= 11 is 11.9. The van der Waals surface area contributed by atoms with Crippen LogP contribution >= 0.6 is 23.2 Å². The molecule has 3 heteroatoms. The van der Waals surface area contributed by atoms with Crippen LogP contribution in [0.1, 0.15) is 18.9 Å². The fraction of sp³-hybridized carbons (Fsp3) is 0.400. The molecule has 1 atom stereocenters. The van der Waals surface area contributed by atoms with E-state index in [2.05, 4.69) is 0 Å². The fourth-order valence-corrected chi connectivity index (χ4v) is 1.71. The first kappa shape index (κ1) is 10.8. The van der Waals surface area contributed by atoms with Crippen LogP contribution in [0.5, 0.6) is 0 Å². The standard InChI is InChI=1S/C10H12Cl2O/c1-7(13)5-6-8-9(11)3-2-4-10(8)12/h2-4,7,13H,5-6H2,1H3/t7-/m0/s1. The van der Waals surface area contributed by atoms with Gasteiger partial charge in [-0.15, -0.1) is 0 Å². The molecule has 1 rings (SSSR count). The SMILES string of the molecule is C[C@H](O)CCc1c(Cl)cccc1Cl. The third kappa shape index (κ3) is 3.18. The second-order valence-corrected chi connectivity index (χ2v) is 3.90. The lowest BCUT2D eigenvalue weighted by Crippen LogP contribution is -2.02. The van der Waals surface area contributed by atoms with Crippen molar-refractivity contribution in [3.8, 4) is 0 Å². The van der Waals surface area contributed by atoms with Crippen LogP contribution in [0.4, 0.5) is 0 Å². The molecule has 13 heavy (non-hydrogen) atoms. The van der Waals surface area contributed by atoms with E-state index in [-0.39, 0.29) is 6.10 Å². The summed E-state index contributed by atoms with van der Waals surface area (Å²) in [6.45, 7) is 1.75. The Labute approximate surface area is 88.3 Å². The van der Waals surface area contributed by atoms with Gasteiger partial charge in [-0.1, -0.05) is 29.3 Å². The van der Waals surface area contributed by atoms with E-state index in [0.717, 1.165) is 12.0 Å². The molecule has 0 aliphatic heterocycles. The van der Waals surface area contributed by atoms with Gasteiger partial charge in [0.2, 0.25) is 0 Å². The minimum Gasteiger partial charge on any atom is -0.393 e. The van der Waals surface area contributed by atoms with Gasteiger partial charge in [0.25, 0.3) is 0 Å². The molecule has 72 valence electrons. The number of halogens is 2. The summed E-state index contributed by atoms with van der Waals surface area (Å²) in [5, 5.41) is 10.5. The van der Waals surface area contributed by atoms with E-state index in [9.17, 15) is 0 Å². The summed E-state index contributed by atoms with van der Waals surface area (Å²) in [4.78, 5) is 0. The molecule has 0 heterocycles. The van der Waals surface area contributed by atoms with Crippen molar-refractivity contribution in [1.82, 2.24) is 0 Å². The Morgan fingerprint density at radius 2 is 1.85 bits per heavy atom. The van der Waals surface area contributed by atoms with Gasteiger partial charge < -0.3 is 5.11 Å². The minimum atomic E-state index is -0.313. The first-order valence-electron chi connectivity index (χ1n) is 4.22. The molecule has 0 amide bonds. The lowest BCUT2D eigenvalue weighted by atomic mass is 10.1. The summed E-state index contributed by atoms with van der Waals surface area (Å²) in [6.07, 6.45) is 1.09. The molecule has 0 saturated heterocycles. The van der Waals surface area contributed by atoms with E-state index in [1.165, 1.54) is 0 Å². The van der Waals surface area contributed by atoms with Crippen molar-refractivity contribution in [2.45, 2.75) is 25.9 Å². The van der Waals surface area contributed by atoms with Crippen LogP contribution in [0.2, 0.25) is 10.0 Å². The van der Waals surface area contributed by atoms with Crippen molar-refractivity contribution in [2.24, 2.45) is 0 Å². The van der Waals surface area contributed by atoms with E-state index in [1.54, 1.807) is 6.92 Å². The molecule has 0 aliphatic rings. The van der Waals surface area contributed by atoms with Gasteiger partial charge in [0.1, 0.15) is 0 Å². The summed E-state index contributed by atoms with van der Waals surface area (Å²) in [7, 11) is 0. The predicted octanol–water partition coefficient (Wildman–Crippen LogP) is 3.31. The normalized spacial score (nSPS) is 12.9. The first-order chi connectivity index (χ1) is 6.11. The minimum absolute atomic E-state index is 0.313. The van der Waals surface area contributed by atoms with Crippen LogP contribution in [-0.4, -0.2) is 11.2 Å². The van der Waals surface area contributed by atoms with Gasteiger partial charge in [0.15, 0.2) is 0 Å². The molecule has 0 spiro atoms. The maximum absolute atomic E-state index is 9.11. The number of aliphatic hydroxyl groups is 1. The molecule has 0 aliphatic carbocycles. The van der Waals surface area contributed by atoms with Crippen LogP contribution in [0, 0.1) is 0 Å². The zero-order valence-corrected chi connectivity index (χ0v) is 8.94. The molecule has 0 bridgehead atoms. The molecule has 1 aromatic rings. The topological polar surface area (TPSA) is 20.2 Å². The largest absolute Gasteiger partial charge is 0.393 e. The summed E-state index contributed by atoms with van der Waals surface area (Å²) in [6, 6.07) is 5.44. The number of hydrogen-bond acceptors (Lipinski definition) is 1. The summed E-state index contributed by atoms with van der Waals surface area (Å²) < 4.78 is 0. The highest BCUT2D eigenvalue weighted by Gasteiger charge is 2.06. The molecular formula is C10H12Cl2O. The lowest BCUT2D eigenvalue weighted by molar-refractivity contribution is 0.185. The average molecular weight is 219 g/mol. The molecule has 1 N–H and O–H groups in total. The van der Waals surface area contributed by atoms with E-state index in [1.807, 2.05) is 18.2 Å². The molecule has 0 fully saturated rings. The van der Waals surface area contributed by atoms with Gasteiger partial charge in [-0.2, -0.15) is 0 Å². The highest BCUT2D eigenvalue weighted by atomic mass is 35.5. The molecule has 0 saturated carbocycles. The number of rotatable bonds is 3. The molecule has 0 unspecified atom stereocenters. The summed E-state index contributed by atoms with van der Waals surface area (Å²) in [5.41, 5.74) is 0.923. The fourth-order valence-electron chi connectivity index (χ4n) is 1.12. The number of hydrogen-bond donors (Lipinski definition) is 1. The van der Waals surface area contributed by atoms with Gasteiger partial charge in [-0.25, -0.2) is 0 Å². The Morgan fingerprint density at radius 1 is 1.31 bits per heavy atom. The van der Waals surface area contributed by atoms with Gasteiger partial charge in [0, 0.05) is 10.0 Å². The van der Waals surface area contributed by atoms with Crippen molar-refractivity contribution in [3.05, 3.63) is 33.8 Å². The molecule has 1 nitrogen and oxygen atoms in total. The Balaban J connectivity index is 2.75. The number of aliphatic hydroxyl groups excluding tert-OH is 1. The van der Waals surface area contributed by atoms with Crippen LogP contribution in [0.3, 0.4) is 0 Å². The van der Waals surface area contributed by atoms with E-state index in [0.29, 0.717) is 16.5 Å². The van der Waals surface area contributed by atoms with E-state index < -0.39 is 0 Å². The van der Waals surface area contributed by atoms with Crippen molar-refractivity contribution < 1.29 is 5.11 Å². The van der Waals surface area contributed by atoms with Crippen LogP contribution in [0.25, 0.3) is 0 Å². The first-order valence-corrected chi connectivity index (χ1v) is 4.98. The predicted molar refractivity (Wildman–Crippen MR) is 56.5 cm³/mol. The highest BCUT2D eigenvalue weighted by molar-refractivity contribution is 6.35. The third-order valence-electron chi connectivity index (χ3n) is 1.87. The second-order valence-electron chi connectivity index (χ2n) is 3.09. The third-order valence-corrected chi connectivity index (χ3v) is 2.58. The van der Waals surface area contributed by atoms with E-state index >= 15 is 0 Å². The molecule has 0 aromatic heterocycles. The molecule has 0 radical (unpaired) electrons. The Kier molecular flexibility index (Phi) is 4.04. The average Bonchev–Trinajstić information content (AvgIpc) is 2.03. The van der Waals surface area contributed by atoms with Gasteiger partial charge >= 0.3 is 0 Å². The smallest absolute Gasteiger partial charge is 0.0515 e. The Morgan fingerprint density at radius 3 is 2.31 bits per heavy atom. The Hall–Kier alpha value is -0.240. The monoisotopic (exact) mass is 218 g/mol. The van der Waals surface area contributed by atoms with Crippen molar-refractivity contribution in [2.75, 3.05) is 0 Å². The van der Waals surface area contributed by atoms with Crippen LogP contribution < -0.4 is 0 Å².